The number of nitrogens with zero attached hydrogens (tertiary/aromatic N) is 1. The molecule has 4 N–H and O–H groups in total. The van der Waals surface area contributed by atoms with Crippen LogP contribution in [-0.2, 0) is 30.4 Å². The summed E-state index contributed by atoms with van der Waals surface area (Å²) in [5, 5.41) is 12.0. The number of carbonyl (C=O) groups excluding carboxylic acids is 5. The standard InChI is InChI=1S/C33H52ClN5O5/c1-18(2)14-24-29(40)35-25(17-22-10-12-23(34)13-11-22)30(41)37-26(15-19(3)4)33(44)39(9)27(16-20(5)6)31(42)38-28(21(7)8)32(43)36-24/h10-13,18-21,24-28H,14-17H2,1-9H3,(H,35,40)(H,36,43)(H,37,41)(H,38,42)/t24-,25-,26-,27-,28-/m0/s1. The topological polar surface area (TPSA) is 137 Å². The molecule has 0 radical (unpaired) electrons. The lowest BCUT2D eigenvalue weighted by Crippen LogP contribution is -2.59. The molecule has 1 aliphatic heterocycles. The number of rotatable bonds is 9. The zero-order chi connectivity index (χ0) is 33.3. The van der Waals surface area contributed by atoms with Gasteiger partial charge in [-0.25, -0.2) is 0 Å². The van der Waals surface area contributed by atoms with E-state index in [2.05, 4.69) is 21.3 Å². The summed E-state index contributed by atoms with van der Waals surface area (Å²) in [6.45, 7) is 15.3. The van der Waals surface area contributed by atoms with Crippen molar-refractivity contribution in [1.29, 1.82) is 0 Å². The van der Waals surface area contributed by atoms with Crippen LogP contribution in [0.15, 0.2) is 24.3 Å². The van der Waals surface area contributed by atoms with Crippen molar-refractivity contribution in [2.75, 3.05) is 7.05 Å². The van der Waals surface area contributed by atoms with Gasteiger partial charge in [-0.05, 0) is 60.6 Å². The molecule has 246 valence electrons. The zero-order valence-corrected chi connectivity index (χ0v) is 28.5. The van der Waals surface area contributed by atoms with Crippen LogP contribution in [0, 0.1) is 23.7 Å². The average Bonchev–Trinajstić information content (AvgIpc) is 2.92. The Balaban J connectivity index is 2.66. The number of benzene rings is 1. The molecule has 1 saturated heterocycles. The molecule has 1 heterocycles. The second-order valence-electron chi connectivity index (χ2n) is 13.6. The Kier molecular flexibility index (Phi) is 14.1. The molecular formula is C33H52ClN5O5. The number of nitrogens with one attached hydrogen (secondary N) is 4. The maximum absolute atomic E-state index is 14.0. The highest BCUT2D eigenvalue weighted by atomic mass is 35.5. The first-order valence-electron chi connectivity index (χ1n) is 15.7. The Morgan fingerprint density at radius 1 is 0.636 bits per heavy atom. The summed E-state index contributed by atoms with van der Waals surface area (Å²) >= 11 is 6.07. The van der Waals surface area contributed by atoms with Gasteiger partial charge in [-0.3, -0.25) is 24.0 Å². The fourth-order valence-corrected chi connectivity index (χ4v) is 5.46. The van der Waals surface area contributed by atoms with Crippen LogP contribution in [-0.4, -0.2) is 71.7 Å². The molecule has 5 amide bonds. The number of hydrogen-bond donors (Lipinski definition) is 4. The summed E-state index contributed by atoms with van der Waals surface area (Å²) in [6, 6.07) is 2.22. The summed E-state index contributed by atoms with van der Waals surface area (Å²) in [5.74, 6) is -2.58. The van der Waals surface area contributed by atoms with Crippen LogP contribution in [0.3, 0.4) is 0 Å². The van der Waals surface area contributed by atoms with Gasteiger partial charge in [-0.15, -0.1) is 0 Å². The molecule has 0 aromatic heterocycles. The second kappa shape index (κ2) is 16.8. The number of likely N-dealkylation sites (N-methyl/N-ethyl adjacent to an activating group) is 1. The van der Waals surface area contributed by atoms with E-state index in [0.29, 0.717) is 24.3 Å². The first kappa shape index (κ1) is 37.0. The summed E-state index contributed by atoms with van der Waals surface area (Å²) in [4.78, 5) is 70.3. The smallest absolute Gasteiger partial charge is 0.245 e. The van der Waals surface area contributed by atoms with Crippen LogP contribution in [0.25, 0.3) is 0 Å². The van der Waals surface area contributed by atoms with Crippen LogP contribution in [0.4, 0.5) is 0 Å². The van der Waals surface area contributed by atoms with E-state index >= 15 is 0 Å². The molecule has 1 aromatic rings. The van der Waals surface area contributed by atoms with E-state index in [0.717, 1.165) is 5.56 Å². The van der Waals surface area contributed by atoms with Gasteiger partial charge in [0, 0.05) is 18.5 Å². The molecule has 2 rings (SSSR count). The average molecular weight is 634 g/mol. The quantitative estimate of drug-likeness (QED) is 0.330. The largest absolute Gasteiger partial charge is 0.343 e. The number of hydrogen-bond acceptors (Lipinski definition) is 5. The zero-order valence-electron chi connectivity index (χ0n) is 27.7. The van der Waals surface area contributed by atoms with Gasteiger partial charge in [0.1, 0.15) is 30.2 Å². The minimum atomic E-state index is -1.04. The third-order valence-corrected chi connectivity index (χ3v) is 7.96. The van der Waals surface area contributed by atoms with Crippen molar-refractivity contribution in [2.45, 2.75) is 111 Å². The molecule has 11 heteroatoms. The van der Waals surface area contributed by atoms with E-state index in [1.807, 2.05) is 55.4 Å². The van der Waals surface area contributed by atoms with Crippen molar-refractivity contribution >= 4 is 41.1 Å². The van der Waals surface area contributed by atoms with Crippen molar-refractivity contribution in [3.8, 4) is 0 Å². The highest BCUT2D eigenvalue weighted by Crippen LogP contribution is 2.18. The Hall–Kier alpha value is -3.14. The monoisotopic (exact) mass is 633 g/mol. The van der Waals surface area contributed by atoms with Gasteiger partial charge >= 0.3 is 0 Å². The van der Waals surface area contributed by atoms with Gasteiger partial charge in [0.15, 0.2) is 0 Å². The van der Waals surface area contributed by atoms with Crippen molar-refractivity contribution in [2.24, 2.45) is 23.7 Å². The molecular weight excluding hydrogens is 582 g/mol. The lowest BCUT2D eigenvalue weighted by atomic mass is 9.97. The summed E-state index contributed by atoms with van der Waals surface area (Å²) in [5.41, 5.74) is 0.757. The third kappa shape index (κ3) is 11.1. The minimum Gasteiger partial charge on any atom is -0.343 e. The summed E-state index contributed by atoms with van der Waals surface area (Å²) in [6.07, 6.45) is 1.15. The van der Waals surface area contributed by atoms with E-state index in [4.69, 9.17) is 11.6 Å². The molecule has 0 bridgehead atoms. The SMILES string of the molecule is CC(C)C[C@@H]1NC(=O)[C@H](C(C)C)NC(=O)[C@H](CC(C)C)N(C)C(=O)[C@H](CC(C)C)NC(=O)[C@H](Cc2ccc(Cl)cc2)NC1=O. The van der Waals surface area contributed by atoms with E-state index < -0.39 is 59.7 Å². The molecule has 1 aliphatic rings. The van der Waals surface area contributed by atoms with Gasteiger partial charge < -0.3 is 26.2 Å². The number of amides is 5. The maximum Gasteiger partial charge on any atom is 0.245 e. The normalized spacial score (nSPS) is 24.6. The molecule has 1 fully saturated rings. The van der Waals surface area contributed by atoms with Gasteiger partial charge in [-0.2, -0.15) is 0 Å². The fraction of sp³-hybridized carbons (Fsp3) is 0.667. The van der Waals surface area contributed by atoms with Crippen LogP contribution in [0.1, 0.15) is 80.2 Å². The summed E-state index contributed by atoms with van der Waals surface area (Å²) < 4.78 is 0. The third-order valence-electron chi connectivity index (χ3n) is 7.71. The lowest BCUT2D eigenvalue weighted by molar-refractivity contribution is -0.143. The van der Waals surface area contributed by atoms with Gasteiger partial charge in [0.05, 0.1) is 0 Å². The van der Waals surface area contributed by atoms with E-state index in [1.54, 1.807) is 31.3 Å². The number of halogens is 1. The Bertz CT molecular complexity index is 1150. The van der Waals surface area contributed by atoms with Gasteiger partial charge in [0.2, 0.25) is 29.5 Å². The molecule has 0 unspecified atom stereocenters. The van der Waals surface area contributed by atoms with Crippen molar-refractivity contribution < 1.29 is 24.0 Å². The Labute approximate surface area is 267 Å². The van der Waals surface area contributed by atoms with E-state index in [9.17, 15) is 24.0 Å². The first-order valence-corrected chi connectivity index (χ1v) is 16.1. The summed E-state index contributed by atoms with van der Waals surface area (Å²) in [7, 11) is 1.56. The molecule has 5 atom stereocenters. The first-order chi connectivity index (χ1) is 20.5. The molecule has 10 nitrogen and oxygen atoms in total. The Morgan fingerprint density at radius 2 is 1.11 bits per heavy atom. The predicted octanol–water partition coefficient (Wildman–Crippen LogP) is 3.46. The molecule has 0 spiro atoms. The van der Waals surface area contributed by atoms with Gasteiger partial charge in [0.25, 0.3) is 0 Å². The number of carbonyl (C=O) groups is 5. The van der Waals surface area contributed by atoms with Crippen molar-refractivity contribution in [3.63, 3.8) is 0 Å². The fourth-order valence-electron chi connectivity index (χ4n) is 5.34. The Morgan fingerprint density at radius 3 is 1.64 bits per heavy atom. The highest BCUT2D eigenvalue weighted by molar-refractivity contribution is 6.30. The minimum absolute atomic E-state index is 0.0425. The van der Waals surface area contributed by atoms with Gasteiger partial charge in [-0.1, -0.05) is 79.1 Å². The van der Waals surface area contributed by atoms with Crippen LogP contribution in [0.5, 0.6) is 0 Å². The van der Waals surface area contributed by atoms with Crippen LogP contribution >= 0.6 is 11.6 Å². The second-order valence-corrected chi connectivity index (χ2v) is 14.0. The lowest BCUT2D eigenvalue weighted by Gasteiger charge is -2.34. The molecule has 1 aromatic carbocycles. The molecule has 0 aliphatic carbocycles. The molecule has 44 heavy (non-hydrogen) atoms. The molecule has 0 saturated carbocycles. The predicted molar refractivity (Wildman–Crippen MR) is 173 cm³/mol. The van der Waals surface area contributed by atoms with E-state index in [-0.39, 0.29) is 30.1 Å². The van der Waals surface area contributed by atoms with Crippen LogP contribution in [0.2, 0.25) is 5.02 Å². The van der Waals surface area contributed by atoms with Crippen LogP contribution < -0.4 is 21.3 Å². The van der Waals surface area contributed by atoms with E-state index in [1.165, 1.54) is 4.90 Å². The highest BCUT2D eigenvalue weighted by Gasteiger charge is 2.38. The van der Waals surface area contributed by atoms with Crippen molar-refractivity contribution in [3.05, 3.63) is 34.9 Å². The van der Waals surface area contributed by atoms with Crippen molar-refractivity contribution in [1.82, 2.24) is 26.2 Å². The maximum atomic E-state index is 14.0.